The molecule has 7 nitrogen and oxygen atoms in total. The first-order valence-electron chi connectivity index (χ1n) is 11.7. The van der Waals surface area contributed by atoms with Crippen LogP contribution in [0.4, 0.5) is 4.79 Å². The highest BCUT2D eigenvalue weighted by molar-refractivity contribution is 5.81. The van der Waals surface area contributed by atoms with E-state index in [0.29, 0.717) is 6.54 Å². The van der Waals surface area contributed by atoms with Crippen molar-refractivity contribution in [3.8, 4) is 0 Å². The number of amides is 2. The summed E-state index contributed by atoms with van der Waals surface area (Å²) in [6.45, 7) is 14.1. The zero-order valence-electron chi connectivity index (χ0n) is 20.1. The van der Waals surface area contributed by atoms with Gasteiger partial charge in [0, 0.05) is 32.7 Å². The van der Waals surface area contributed by atoms with Gasteiger partial charge in [-0.25, -0.2) is 9.80 Å². The predicted octanol–water partition coefficient (Wildman–Crippen LogP) is 3.97. The summed E-state index contributed by atoms with van der Waals surface area (Å²) in [5.74, 6) is 0.240. The topological polar surface area (TPSA) is 71.1 Å². The largest absolute Gasteiger partial charge is 0.444 e. The quantitative estimate of drug-likeness (QED) is 0.605. The normalized spacial score (nSPS) is 24.4. The molecule has 0 unspecified atom stereocenters. The van der Waals surface area contributed by atoms with Crippen LogP contribution in [0.2, 0.25) is 0 Å². The smallest absolute Gasteiger partial charge is 0.407 e. The van der Waals surface area contributed by atoms with Crippen LogP contribution in [-0.2, 0) is 14.3 Å². The molecule has 0 saturated carbocycles. The zero-order valence-corrected chi connectivity index (χ0v) is 20.1. The van der Waals surface area contributed by atoms with E-state index in [1.165, 1.54) is 0 Å². The van der Waals surface area contributed by atoms with Crippen molar-refractivity contribution >= 4 is 12.0 Å². The fraction of sp³-hybridized carbons (Fsp3) is 0.913. The van der Waals surface area contributed by atoms with E-state index in [0.717, 1.165) is 51.6 Å². The summed E-state index contributed by atoms with van der Waals surface area (Å²) in [4.78, 5) is 25.5. The molecule has 2 fully saturated rings. The van der Waals surface area contributed by atoms with Gasteiger partial charge >= 0.3 is 6.09 Å². The zero-order chi connectivity index (χ0) is 22.5. The van der Waals surface area contributed by atoms with Gasteiger partial charge in [-0.2, -0.15) is 0 Å². The SMILES string of the molecule is CC[C@H](CNC(=O)OC(C)(C)C)[C@H]1CCN(N2CCC[C@H]2C(CC)(CC)OC)C1=O. The molecule has 1 N–H and O–H groups in total. The van der Waals surface area contributed by atoms with Gasteiger partial charge < -0.3 is 14.8 Å². The van der Waals surface area contributed by atoms with Crippen LogP contribution in [0, 0.1) is 11.8 Å². The number of hydrogen-bond acceptors (Lipinski definition) is 5. The lowest BCUT2D eigenvalue weighted by atomic mass is 9.87. The second kappa shape index (κ2) is 10.3. The third kappa shape index (κ3) is 5.47. The van der Waals surface area contributed by atoms with Crippen molar-refractivity contribution in [3.63, 3.8) is 0 Å². The number of rotatable bonds is 9. The fourth-order valence-electron chi connectivity index (χ4n) is 5.20. The summed E-state index contributed by atoms with van der Waals surface area (Å²) in [7, 11) is 1.80. The first kappa shape index (κ1) is 24.9. The molecule has 30 heavy (non-hydrogen) atoms. The van der Waals surface area contributed by atoms with Gasteiger partial charge in [0.05, 0.1) is 11.6 Å². The molecule has 2 heterocycles. The molecule has 2 aliphatic heterocycles. The Morgan fingerprint density at radius 1 is 1.17 bits per heavy atom. The average molecular weight is 426 g/mol. The minimum Gasteiger partial charge on any atom is -0.444 e. The second-order valence-electron chi connectivity index (χ2n) is 9.70. The van der Waals surface area contributed by atoms with Crippen LogP contribution >= 0.6 is 0 Å². The monoisotopic (exact) mass is 425 g/mol. The van der Waals surface area contributed by atoms with Gasteiger partial charge in [-0.15, -0.1) is 0 Å². The van der Waals surface area contributed by atoms with Crippen LogP contribution in [0.25, 0.3) is 0 Å². The van der Waals surface area contributed by atoms with Gasteiger partial charge in [0.15, 0.2) is 0 Å². The lowest BCUT2D eigenvalue weighted by molar-refractivity contribution is -0.163. The Morgan fingerprint density at radius 3 is 2.37 bits per heavy atom. The van der Waals surface area contributed by atoms with Crippen LogP contribution in [-0.4, -0.2) is 66.0 Å². The first-order chi connectivity index (χ1) is 14.1. The van der Waals surface area contributed by atoms with E-state index in [2.05, 4.69) is 31.1 Å². The summed E-state index contributed by atoms with van der Waals surface area (Å²) in [5, 5.41) is 7.14. The summed E-state index contributed by atoms with van der Waals surface area (Å²) in [6.07, 6.45) is 5.26. The average Bonchev–Trinajstić information content (AvgIpc) is 3.30. The van der Waals surface area contributed by atoms with Crippen molar-refractivity contribution in [3.05, 3.63) is 0 Å². The molecule has 2 saturated heterocycles. The third-order valence-corrected chi connectivity index (χ3v) is 6.97. The molecule has 7 heteroatoms. The van der Waals surface area contributed by atoms with Crippen molar-refractivity contribution in [1.29, 1.82) is 0 Å². The number of ether oxygens (including phenoxy) is 2. The molecule has 174 valence electrons. The van der Waals surface area contributed by atoms with Gasteiger partial charge in [0.1, 0.15) is 5.60 Å². The van der Waals surface area contributed by atoms with Crippen molar-refractivity contribution in [2.75, 3.05) is 26.7 Å². The van der Waals surface area contributed by atoms with Gasteiger partial charge in [0.2, 0.25) is 5.91 Å². The lowest BCUT2D eigenvalue weighted by Gasteiger charge is -2.44. The van der Waals surface area contributed by atoms with E-state index in [4.69, 9.17) is 9.47 Å². The third-order valence-electron chi connectivity index (χ3n) is 6.97. The number of methoxy groups -OCH3 is 1. The molecule has 0 radical (unpaired) electrons. The van der Waals surface area contributed by atoms with Gasteiger partial charge in [-0.3, -0.25) is 9.80 Å². The minimum atomic E-state index is -0.525. The van der Waals surface area contributed by atoms with E-state index >= 15 is 0 Å². The van der Waals surface area contributed by atoms with Crippen LogP contribution in [0.15, 0.2) is 0 Å². The van der Waals surface area contributed by atoms with E-state index in [1.54, 1.807) is 7.11 Å². The Kier molecular flexibility index (Phi) is 8.57. The number of hydrogen-bond donors (Lipinski definition) is 1. The highest BCUT2D eigenvalue weighted by Gasteiger charge is 2.48. The number of hydrazine groups is 1. The standard InChI is InChI=1S/C23H43N3O4/c1-8-17(16-24-21(28)30-22(4,5)6)18-13-15-26(20(18)27)25-14-11-12-19(25)23(9-2,10-3)29-7/h17-19H,8-16H2,1-7H3,(H,24,28)/t17-,18-,19+/m1/s1. The van der Waals surface area contributed by atoms with E-state index in [1.807, 2.05) is 25.8 Å². The molecule has 0 aromatic heterocycles. The Balaban J connectivity index is 2.04. The van der Waals surface area contributed by atoms with Gasteiger partial charge in [0.25, 0.3) is 0 Å². The molecular formula is C23H43N3O4. The number of nitrogens with one attached hydrogen (secondary N) is 1. The van der Waals surface area contributed by atoms with Crippen LogP contribution in [0.3, 0.4) is 0 Å². The van der Waals surface area contributed by atoms with Crippen molar-refractivity contribution in [2.45, 2.75) is 97.3 Å². The van der Waals surface area contributed by atoms with E-state index < -0.39 is 11.7 Å². The maximum atomic E-state index is 13.4. The lowest BCUT2D eigenvalue weighted by Crippen LogP contribution is -2.57. The molecular weight excluding hydrogens is 382 g/mol. The summed E-state index contributed by atoms with van der Waals surface area (Å²) >= 11 is 0. The fourth-order valence-corrected chi connectivity index (χ4v) is 5.20. The molecule has 0 bridgehead atoms. The molecule has 2 rings (SSSR count). The van der Waals surface area contributed by atoms with Gasteiger partial charge in [-0.1, -0.05) is 27.2 Å². The van der Waals surface area contributed by atoms with Gasteiger partial charge in [-0.05, 0) is 58.8 Å². The first-order valence-corrected chi connectivity index (χ1v) is 11.7. The highest BCUT2D eigenvalue weighted by atomic mass is 16.6. The number of nitrogens with zero attached hydrogens (tertiary/aromatic N) is 2. The van der Waals surface area contributed by atoms with Crippen LogP contribution in [0.5, 0.6) is 0 Å². The van der Waals surface area contributed by atoms with E-state index in [9.17, 15) is 9.59 Å². The second-order valence-corrected chi connectivity index (χ2v) is 9.70. The molecule has 0 spiro atoms. The number of carbonyl (C=O) groups is 2. The summed E-state index contributed by atoms with van der Waals surface area (Å²) < 4.78 is 11.3. The van der Waals surface area contributed by atoms with Crippen molar-refractivity contribution in [2.24, 2.45) is 11.8 Å². The number of carbonyl (C=O) groups excluding carboxylic acids is 2. The Hall–Kier alpha value is -1.34. The Bertz CT molecular complexity index is 577. The van der Waals surface area contributed by atoms with Crippen molar-refractivity contribution < 1.29 is 19.1 Å². The van der Waals surface area contributed by atoms with Crippen LogP contribution < -0.4 is 5.32 Å². The Morgan fingerprint density at radius 2 is 1.83 bits per heavy atom. The highest BCUT2D eigenvalue weighted by Crippen LogP contribution is 2.38. The van der Waals surface area contributed by atoms with Crippen molar-refractivity contribution in [1.82, 2.24) is 15.3 Å². The summed E-state index contributed by atoms with van der Waals surface area (Å²) in [6, 6.07) is 0.236. The summed E-state index contributed by atoms with van der Waals surface area (Å²) in [5.41, 5.74) is -0.736. The predicted molar refractivity (Wildman–Crippen MR) is 118 cm³/mol. The molecule has 2 amide bonds. The molecule has 2 aliphatic rings. The number of alkyl carbamates (subject to hydrolysis) is 1. The van der Waals surface area contributed by atoms with E-state index in [-0.39, 0.29) is 29.4 Å². The maximum absolute atomic E-state index is 13.4. The van der Waals surface area contributed by atoms with Crippen LogP contribution in [0.1, 0.15) is 80.1 Å². The molecule has 0 aromatic rings. The molecule has 0 aliphatic carbocycles. The Labute approximate surface area is 182 Å². The molecule has 3 atom stereocenters. The molecule has 0 aromatic carbocycles. The minimum absolute atomic E-state index is 0.0635. The maximum Gasteiger partial charge on any atom is 0.407 e.